The van der Waals surface area contributed by atoms with Crippen LogP contribution in [0, 0.1) is 6.92 Å². The number of halogens is 1. The van der Waals surface area contributed by atoms with E-state index in [1.165, 1.54) is 25.7 Å². The summed E-state index contributed by atoms with van der Waals surface area (Å²) in [6.45, 7) is 5.58. The largest absolute Gasteiger partial charge is 0.336 e. The Kier molecular flexibility index (Phi) is 5.60. The molecule has 2 heterocycles. The summed E-state index contributed by atoms with van der Waals surface area (Å²) in [5, 5.41) is 0. The van der Waals surface area contributed by atoms with Crippen LogP contribution in [0.4, 0.5) is 0 Å². The Bertz CT molecular complexity index is 824. The smallest absolute Gasteiger partial charge is 0.255 e. The van der Waals surface area contributed by atoms with E-state index in [0.29, 0.717) is 0 Å². The van der Waals surface area contributed by atoms with Crippen LogP contribution in [-0.2, 0) is 0 Å². The van der Waals surface area contributed by atoms with Crippen molar-refractivity contribution >= 4 is 21.8 Å². The standard InChI is InChI=1S/C22H26BrN3O/c1-16-20(9-10-21(24-16)17-5-4-6-18(23)15-17)22(27)26-13-11-25(12-14-26)19-7-2-3-8-19/h4-6,9-10,15,19H,2-3,7-8,11-14H2,1H3. The molecule has 1 aliphatic heterocycles. The summed E-state index contributed by atoms with van der Waals surface area (Å²) >= 11 is 3.50. The van der Waals surface area contributed by atoms with Crippen molar-refractivity contribution in [2.24, 2.45) is 0 Å². The van der Waals surface area contributed by atoms with Gasteiger partial charge in [-0.3, -0.25) is 14.7 Å². The minimum absolute atomic E-state index is 0.117. The van der Waals surface area contributed by atoms with E-state index < -0.39 is 0 Å². The Morgan fingerprint density at radius 2 is 1.81 bits per heavy atom. The van der Waals surface area contributed by atoms with E-state index in [9.17, 15) is 4.79 Å². The maximum Gasteiger partial charge on any atom is 0.255 e. The van der Waals surface area contributed by atoms with E-state index in [1.807, 2.05) is 48.2 Å². The maximum absolute atomic E-state index is 13.0. The molecular weight excluding hydrogens is 402 g/mol. The molecule has 1 amide bonds. The SMILES string of the molecule is Cc1nc(-c2cccc(Br)c2)ccc1C(=O)N1CCN(C2CCCC2)CC1. The van der Waals surface area contributed by atoms with E-state index in [0.717, 1.165) is 59.2 Å². The van der Waals surface area contributed by atoms with E-state index in [-0.39, 0.29) is 5.91 Å². The second kappa shape index (κ2) is 8.11. The Morgan fingerprint density at radius 1 is 1.07 bits per heavy atom. The predicted molar refractivity (Wildman–Crippen MR) is 112 cm³/mol. The molecule has 2 aliphatic rings. The van der Waals surface area contributed by atoms with Crippen molar-refractivity contribution in [2.75, 3.05) is 26.2 Å². The van der Waals surface area contributed by atoms with Gasteiger partial charge in [0.1, 0.15) is 0 Å². The topological polar surface area (TPSA) is 36.4 Å². The maximum atomic E-state index is 13.0. The zero-order chi connectivity index (χ0) is 18.8. The number of carbonyl (C=O) groups excluding carboxylic acids is 1. The quantitative estimate of drug-likeness (QED) is 0.722. The minimum Gasteiger partial charge on any atom is -0.336 e. The van der Waals surface area contributed by atoms with Crippen molar-refractivity contribution in [3.63, 3.8) is 0 Å². The monoisotopic (exact) mass is 427 g/mol. The number of hydrogen-bond acceptors (Lipinski definition) is 3. The van der Waals surface area contributed by atoms with Crippen LogP contribution in [0.25, 0.3) is 11.3 Å². The van der Waals surface area contributed by atoms with Crippen LogP contribution in [0.15, 0.2) is 40.9 Å². The fourth-order valence-electron chi connectivity index (χ4n) is 4.33. The van der Waals surface area contributed by atoms with Crippen molar-refractivity contribution in [1.82, 2.24) is 14.8 Å². The second-order valence-corrected chi connectivity index (χ2v) is 8.52. The van der Waals surface area contributed by atoms with Gasteiger partial charge in [-0.1, -0.05) is 40.9 Å². The molecule has 2 aromatic rings. The van der Waals surface area contributed by atoms with E-state index in [4.69, 9.17) is 4.98 Å². The summed E-state index contributed by atoms with van der Waals surface area (Å²) in [7, 11) is 0. The summed E-state index contributed by atoms with van der Waals surface area (Å²) in [5.74, 6) is 0.117. The molecule has 2 fully saturated rings. The van der Waals surface area contributed by atoms with Crippen LogP contribution in [0.3, 0.4) is 0 Å². The van der Waals surface area contributed by atoms with Gasteiger partial charge in [-0.25, -0.2) is 0 Å². The molecule has 142 valence electrons. The molecule has 0 spiro atoms. The summed E-state index contributed by atoms with van der Waals surface area (Å²) in [5.41, 5.74) is 3.48. The minimum atomic E-state index is 0.117. The van der Waals surface area contributed by atoms with Crippen molar-refractivity contribution in [3.05, 3.63) is 52.1 Å². The van der Waals surface area contributed by atoms with Gasteiger partial charge in [-0.15, -0.1) is 0 Å². The third-order valence-electron chi connectivity index (χ3n) is 5.88. The lowest BCUT2D eigenvalue weighted by atomic mass is 10.1. The number of nitrogens with zero attached hydrogens (tertiary/aromatic N) is 3. The average molecular weight is 428 g/mol. The Hall–Kier alpha value is -1.72. The molecule has 0 atom stereocenters. The number of rotatable bonds is 3. The number of amides is 1. The number of carbonyl (C=O) groups is 1. The molecule has 4 nitrogen and oxygen atoms in total. The highest BCUT2D eigenvalue weighted by Gasteiger charge is 2.28. The Morgan fingerprint density at radius 3 is 2.48 bits per heavy atom. The highest BCUT2D eigenvalue weighted by atomic mass is 79.9. The van der Waals surface area contributed by atoms with Gasteiger partial charge in [-0.05, 0) is 44.0 Å². The third kappa shape index (κ3) is 4.09. The zero-order valence-electron chi connectivity index (χ0n) is 15.8. The molecule has 0 bridgehead atoms. The number of aryl methyl sites for hydroxylation is 1. The fourth-order valence-corrected chi connectivity index (χ4v) is 4.72. The van der Waals surface area contributed by atoms with Crippen LogP contribution in [0.5, 0.6) is 0 Å². The lowest BCUT2D eigenvalue weighted by Crippen LogP contribution is -2.51. The molecule has 1 saturated heterocycles. The third-order valence-corrected chi connectivity index (χ3v) is 6.37. The predicted octanol–water partition coefficient (Wildman–Crippen LogP) is 4.52. The molecule has 1 aliphatic carbocycles. The Labute approximate surface area is 169 Å². The molecule has 1 aromatic carbocycles. The zero-order valence-corrected chi connectivity index (χ0v) is 17.4. The van der Waals surface area contributed by atoms with Gasteiger partial charge in [0.05, 0.1) is 17.0 Å². The molecule has 1 saturated carbocycles. The van der Waals surface area contributed by atoms with Crippen LogP contribution in [0.2, 0.25) is 0 Å². The molecule has 0 radical (unpaired) electrons. The highest BCUT2D eigenvalue weighted by molar-refractivity contribution is 9.10. The van der Waals surface area contributed by atoms with Gasteiger partial charge < -0.3 is 4.90 Å². The lowest BCUT2D eigenvalue weighted by molar-refractivity contribution is 0.0572. The van der Waals surface area contributed by atoms with E-state index in [2.05, 4.69) is 20.8 Å². The molecule has 1 aromatic heterocycles. The van der Waals surface area contributed by atoms with Gasteiger partial charge in [0.2, 0.25) is 0 Å². The molecule has 5 heteroatoms. The van der Waals surface area contributed by atoms with Crippen molar-refractivity contribution in [3.8, 4) is 11.3 Å². The number of aromatic nitrogens is 1. The van der Waals surface area contributed by atoms with Gasteiger partial charge in [0.25, 0.3) is 5.91 Å². The summed E-state index contributed by atoms with van der Waals surface area (Å²) in [6, 6.07) is 12.7. The first-order chi connectivity index (χ1) is 13.1. The Balaban J connectivity index is 1.44. The van der Waals surface area contributed by atoms with Gasteiger partial charge in [0, 0.05) is 42.3 Å². The first kappa shape index (κ1) is 18.6. The van der Waals surface area contributed by atoms with E-state index >= 15 is 0 Å². The number of piperazine rings is 1. The van der Waals surface area contributed by atoms with Crippen LogP contribution in [-0.4, -0.2) is 52.9 Å². The number of pyridine rings is 1. The van der Waals surface area contributed by atoms with Gasteiger partial charge in [0.15, 0.2) is 0 Å². The first-order valence-corrected chi connectivity index (χ1v) is 10.7. The summed E-state index contributed by atoms with van der Waals surface area (Å²) in [6.07, 6.45) is 5.38. The average Bonchev–Trinajstić information content (AvgIpc) is 3.22. The van der Waals surface area contributed by atoms with Crippen LogP contribution in [0.1, 0.15) is 41.7 Å². The van der Waals surface area contributed by atoms with Crippen molar-refractivity contribution < 1.29 is 4.79 Å². The molecule has 0 unspecified atom stereocenters. The van der Waals surface area contributed by atoms with Crippen LogP contribution >= 0.6 is 15.9 Å². The molecule has 0 N–H and O–H groups in total. The summed E-state index contributed by atoms with van der Waals surface area (Å²) in [4.78, 5) is 22.3. The second-order valence-electron chi connectivity index (χ2n) is 7.61. The normalized spacial score (nSPS) is 18.8. The lowest BCUT2D eigenvalue weighted by Gasteiger charge is -2.38. The molecular formula is C22H26BrN3O. The van der Waals surface area contributed by atoms with Crippen molar-refractivity contribution in [1.29, 1.82) is 0 Å². The van der Waals surface area contributed by atoms with E-state index in [1.54, 1.807) is 0 Å². The summed E-state index contributed by atoms with van der Waals surface area (Å²) < 4.78 is 1.03. The number of benzene rings is 1. The van der Waals surface area contributed by atoms with Crippen LogP contribution < -0.4 is 0 Å². The van der Waals surface area contributed by atoms with Crippen molar-refractivity contribution in [2.45, 2.75) is 38.6 Å². The number of hydrogen-bond donors (Lipinski definition) is 0. The van der Waals surface area contributed by atoms with Gasteiger partial charge in [-0.2, -0.15) is 0 Å². The highest BCUT2D eigenvalue weighted by Crippen LogP contribution is 2.26. The van der Waals surface area contributed by atoms with Gasteiger partial charge >= 0.3 is 0 Å². The molecule has 27 heavy (non-hydrogen) atoms. The fraction of sp³-hybridized carbons (Fsp3) is 0.455. The first-order valence-electron chi connectivity index (χ1n) is 9.89. The molecule has 4 rings (SSSR count).